The predicted octanol–water partition coefficient (Wildman–Crippen LogP) is 2.83. The second-order valence-corrected chi connectivity index (χ2v) is 7.02. The lowest BCUT2D eigenvalue weighted by Gasteiger charge is -2.37. The summed E-state index contributed by atoms with van der Waals surface area (Å²) in [6.45, 7) is 6.93. The van der Waals surface area contributed by atoms with Gasteiger partial charge >= 0.3 is 0 Å². The highest BCUT2D eigenvalue weighted by Gasteiger charge is 2.40. The zero-order valence-corrected chi connectivity index (χ0v) is 15.5. The van der Waals surface area contributed by atoms with Gasteiger partial charge in [0.05, 0.1) is 13.3 Å². The number of nitrogens with zero attached hydrogens (tertiary/aromatic N) is 3. The summed E-state index contributed by atoms with van der Waals surface area (Å²) in [5.74, 6) is 0.816. The molecule has 136 valence electrons. The maximum absolute atomic E-state index is 11.3. The van der Waals surface area contributed by atoms with Crippen LogP contribution in [0.2, 0.25) is 0 Å². The number of rotatable bonds is 7. The second-order valence-electron chi connectivity index (χ2n) is 7.02. The van der Waals surface area contributed by atoms with E-state index in [1.807, 2.05) is 42.1 Å². The maximum Gasteiger partial charge on any atom is 0.118 e. The summed E-state index contributed by atoms with van der Waals surface area (Å²) in [5.41, 5.74) is 1.34. The number of likely N-dealkylation sites (tertiary alicyclic amines) is 1. The van der Waals surface area contributed by atoms with Gasteiger partial charge in [-0.05, 0) is 62.9 Å². The van der Waals surface area contributed by atoms with Crippen LogP contribution in [-0.2, 0) is 18.6 Å². The van der Waals surface area contributed by atoms with Gasteiger partial charge in [0, 0.05) is 25.3 Å². The summed E-state index contributed by atoms with van der Waals surface area (Å²) in [4.78, 5) is 2.42. The van der Waals surface area contributed by atoms with Crippen LogP contribution < -0.4 is 4.74 Å². The van der Waals surface area contributed by atoms with Gasteiger partial charge in [0.1, 0.15) is 11.4 Å². The van der Waals surface area contributed by atoms with Crippen molar-refractivity contribution in [3.63, 3.8) is 0 Å². The van der Waals surface area contributed by atoms with Crippen LogP contribution in [-0.4, -0.2) is 46.0 Å². The van der Waals surface area contributed by atoms with Crippen LogP contribution in [0.15, 0.2) is 36.7 Å². The van der Waals surface area contributed by atoms with Crippen LogP contribution >= 0.6 is 0 Å². The van der Waals surface area contributed by atoms with E-state index in [0.717, 1.165) is 50.2 Å². The fourth-order valence-corrected chi connectivity index (χ4v) is 3.83. The topological polar surface area (TPSA) is 50.5 Å². The quantitative estimate of drug-likeness (QED) is 0.840. The molecule has 1 aliphatic heterocycles. The van der Waals surface area contributed by atoms with E-state index >= 15 is 0 Å². The van der Waals surface area contributed by atoms with Crippen LogP contribution in [0.3, 0.4) is 0 Å². The van der Waals surface area contributed by atoms with Crippen molar-refractivity contribution in [2.24, 2.45) is 0 Å². The zero-order valence-electron chi connectivity index (χ0n) is 15.5. The van der Waals surface area contributed by atoms with E-state index in [0.29, 0.717) is 0 Å². The predicted molar refractivity (Wildman–Crippen MR) is 98.8 cm³/mol. The van der Waals surface area contributed by atoms with E-state index < -0.39 is 5.60 Å². The van der Waals surface area contributed by atoms with E-state index in [1.54, 1.807) is 7.11 Å². The van der Waals surface area contributed by atoms with Gasteiger partial charge < -0.3 is 9.84 Å². The Morgan fingerprint density at radius 1 is 1.32 bits per heavy atom. The fourth-order valence-electron chi connectivity index (χ4n) is 3.83. The summed E-state index contributed by atoms with van der Waals surface area (Å²) in [7, 11) is 1.66. The third kappa shape index (κ3) is 3.88. The summed E-state index contributed by atoms with van der Waals surface area (Å²) >= 11 is 0. The van der Waals surface area contributed by atoms with E-state index in [2.05, 4.69) is 23.1 Å². The number of ether oxygens (including phenoxy) is 1. The first-order valence-electron chi connectivity index (χ1n) is 9.17. The Hall–Kier alpha value is -1.85. The van der Waals surface area contributed by atoms with Crippen LogP contribution in [0.4, 0.5) is 0 Å². The summed E-state index contributed by atoms with van der Waals surface area (Å²) in [5, 5.41) is 15.6. The van der Waals surface area contributed by atoms with Gasteiger partial charge in [-0.25, -0.2) is 0 Å². The normalized spacial score (nSPS) is 20.6. The highest BCUT2D eigenvalue weighted by molar-refractivity contribution is 5.31. The molecule has 0 amide bonds. The molecular formula is C20H29N3O2. The molecule has 0 unspecified atom stereocenters. The van der Waals surface area contributed by atoms with Crippen molar-refractivity contribution in [1.82, 2.24) is 14.7 Å². The van der Waals surface area contributed by atoms with E-state index in [9.17, 15) is 5.11 Å². The van der Waals surface area contributed by atoms with Gasteiger partial charge in [-0.2, -0.15) is 5.10 Å². The number of aryl methyl sites for hydroxylation is 1. The third-order valence-electron chi connectivity index (χ3n) is 5.39. The number of aromatic nitrogens is 2. The van der Waals surface area contributed by atoms with E-state index in [4.69, 9.17) is 4.74 Å². The van der Waals surface area contributed by atoms with Crippen molar-refractivity contribution in [2.45, 2.75) is 51.3 Å². The smallest absolute Gasteiger partial charge is 0.118 e. The average Bonchev–Trinajstić information content (AvgIpc) is 3.29. The summed E-state index contributed by atoms with van der Waals surface area (Å²) < 4.78 is 7.19. The molecule has 0 spiro atoms. The summed E-state index contributed by atoms with van der Waals surface area (Å²) in [6.07, 6.45) is 7.19. The standard InChI is InChI=1S/C20H29N3O2/c1-4-23-15-16(14-21-23)11-13-22-12-5-6-19(22)20(2,24)17-7-9-18(25-3)10-8-17/h7-10,14-15,19,24H,4-6,11-13H2,1-3H3/t19-,20+/m1/s1. The molecule has 5 nitrogen and oxygen atoms in total. The molecule has 1 saturated heterocycles. The molecule has 1 aliphatic rings. The molecule has 0 saturated carbocycles. The maximum atomic E-state index is 11.3. The highest BCUT2D eigenvalue weighted by Crippen LogP contribution is 2.35. The number of methoxy groups -OCH3 is 1. The largest absolute Gasteiger partial charge is 0.497 e. The molecule has 1 fully saturated rings. The van der Waals surface area contributed by atoms with Crippen molar-refractivity contribution in [3.05, 3.63) is 47.8 Å². The number of hydrogen-bond acceptors (Lipinski definition) is 4. The zero-order chi connectivity index (χ0) is 17.9. The van der Waals surface area contributed by atoms with Crippen LogP contribution in [0.5, 0.6) is 5.75 Å². The lowest BCUT2D eigenvalue weighted by Crippen LogP contribution is -2.46. The molecule has 1 aromatic heterocycles. The first-order valence-corrected chi connectivity index (χ1v) is 9.17. The molecule has 0 aliphatic carbocycles. The first kappa shape index (κ1) is 18.0. The van der Waals surface area contributed by atoms with Crippen molar-refractivity contribution in [2.75, 3.05) is 20.2 Å². The van der Waals surface area contributed by atoms with Crippen LogP contribution in [0.25, 0.3) is 0 Å². The molecule has 2 atom stereocenters. The minimum Gasteiger partial charge on any atom is -0.497 e. The molecule has 1 aromatic carbocycles. The second kappa shape index (κ2) is 7.58. The highest BCUT2D eigenvalue weighted by atomic mass is 16.5. The Morgan fingerprint density at radius 3 is 2.72 bits per heavy atom. The molecule has 0 radical (unpaired) electrons. The van der Waals surface area contributed by atoms with Gasteiger partial charge in [0.2, 0.25) is 0 Å². The van der Waals surface area contributed by atoms with Gasteiger partial charge in [0.15, 0.2) is 0 Å². The SMILES string of the molecule is CCn1cc(CCN2CCC[C@@H]2[C@@](C)(O)c2ccc(OC)cc2)cn1. The van der Waals surface area contributed by atoms with E-state index in [1.165, 1.54) is 5.56 Å². The monoisotopic (exact) mass is 343 g/mol. The van der Waals surface area contributed by atoms with E-state index in [-0.39, 0.29) is 6.04 Å². The summed E-state index contributed by atoms with van der Waals surface area (Å²) in [6, 6.07) is 7.92. The molecule has 1 N–H and O–H groups in total. The molecule has 5 heteroatoms. The lowest BCUT2D eigenvalue weighted by atomic mass is 9.86. The van der Waals surface area contributed by atoms with Crippen molar-refractivity contribution in [1.29, 1.82) is 0 Å². The number of aliphatic hydroxyl groups is 1. The third-order valence-corrected chi connectivity index (χ3v) is 5.39. The first-order chi connectivity index (χ1) is 12.0. The molecule has 3 rings (SSSR count). The van der Waals surface area contributed by atoms with Gasteiger partial charge in [-0.15, -0.1) is 0 Å². The molecule has 2 heterocycles. The van der Waals surface area contributed by atoms with Gasteiger partial charge in [-0.3, -0.25) is 9.58 Å². The Kier molecular flexibility index (Phi) is 5.45. The Morgan fingerprint density at radius 2 is 2.08 bits per heavy atom. The Balaban J connectivity index is 1.68. The number of benzene rings is 1. The van der Waals surface area contributed by atoms with Crippen LogP contribution in [0.1, 0.15) is 37.8 Å². The minimum absolute atomic E-state index is 0.141. The lowest BCUT2D eigenvalue weighted by molar-refractivity contribution is -0.0226. The molecular weight excluding hydrogens is 314 g/mol. The van der Waals surface area contributed by atoms with Crippen molar-refractivity contribution in [3.8, 4) is 5.75 Å². The van der Waals surface area contributed by atoms with Crippen LogP contribution in [0, 0.1) is 0 Å². The minimum atomic E-state index is -0.865. The fraction of sp³-hybridized carbons (Fsp3) is 0.550. The van der Waals surface area contributed by atoms with Crippen molar-refractivity contribution < 1.29 is 9.84 Å². The van der Waals surface area contributed by atoms with Crippen molar-refractivity contribution >= 4 is 0 Å². The molecule has 25 heavy (non-hydrogen) atoms. The molecule has 0 bridgehead atoms. The Bertz CT molecular complexity index is 679. The molecule has 2 aromatic rings. The Labute approximate surface area is 150 Å². The van der Waals surface area contributed by atoms with Gasteiger partial charge in [0.25, 0.3) is 0 Å². The number of hydrogen-bond donors (Lipinski definition) is 1. The van der Waals surface area contributed by atoms with Gasteiger partial charge in [-0.1, -0.05) is 12.1 Å². The average molecular weight is 343 g/mol.